The van der Waals surface area contributed by atoms with E-state index >= 15 is 0 Å². The molecular formula is C21H21FN4O3S. The van der Waals surface area contributed by atoms with Crippen LogP contribution in [-0.4, -0.2) is 45.2 Å². The van der Waals surface area contributed by atoms with Crippen LogP contribution in [0, 0.1) is 5.82 Å². The molecule has 0 aliphatic rings. The molecule has 0 saturated carbocycles. The molecule has 9 heteroatoms. The molecule has 0 saturated heterocycles. The molecule has 0 fully saturated rings. The molecule has 7 nitrogen and oxygen atoms in total. The molecule has 0 atom stereocenters. The van der Waals surface area contributed by atoms with Gasteiger partial charge in [0.05, 0.1) is 17.5 Å². The maximum Gasteiger partial charge on any atom is 0.262 e. The van der Waals surface area contributed by atoms with Crippen molar-refractivity contribution < 1.29 is 13.9 Å². The smallest absolute Gasteiger partial charge is 0.262 e. The molecule has 0 bridgehead atoms. The van der Waals surface area contributed by atoms with Gasteiger partial charge in [-0.2, -0.15) is 0 Å². The fourth-order valence-corrected chi connectivity index (χ4v) is 4.00. The van der Waals surface area contributed by atoms with Crippen molar-refractivity contribution in [3.05, 3.63) is 64.7 Å². The molecule has 2 heterocycles. The van der Waals surface area contributed by atoms with Crippen molar-refractivity contribution >= 4 is 28.4 Å². The zero-order valence-corrected chi connectivity index (χ0v) is 17.3. The van der Waals surface area contributed by atoms with E-state index in [2.05, 4.69) is 10.2 Å². The molecule has 0 aliphatic heterocycles. The summed E-state index contributed by atoms with van der Waals surface area (Å²) in [5.41, 5.74) is 0.673. The number of benzene rings is 2. The summed E-state index contributed by atoms with van der Waals surface area (Å²) in [6.07, 6.45) is 0.696. The lowest BCUT2D eigenvalue weighted by Crippen LogP contribution is -2.24. The minimum Gasteiger partial charge on any atom is -0.493 e. The second-order valence-corrected chi connectivity index (χ2v) is 7.65. The largest absolute Gasteiger partial charge is 0.493 e. The average Bonchev–Trinajstić information content (AvgIpc) is 3.18. The van der Waals surface area contributed by atoms with Crippen molar-refractivity contribution in [2.24, 2.45) is 0 Å². The van der Waals surface area contributed by atoms with Gasteiger partial charge in [-0.05, 0) is 30.7 Å². The molecule has 2 aromatic heterocycles. The molecule has 0 unspecified atom stereocenters. The SMILES string of the molecule is COCCCn1c(=O)c2ccccc2n2c(SCCOc3cccc(F)c3)nnc12. The van der Waals surface area contributed by atoms with E-state index in [1.165, 1.54) is 23.9 Å². The Morgan fingerprint density at radius 1 is 1.10 bits per heavy atom. The minimum absolute atomic E-state index is 0.0902. The first-order chi connectivity index (χ1) is 14.7. The van der Waals surface area contributed by atoms with Gasteiger partial charge in [-0.1, -0.05) is 30.0 Å². The van der Waals surface area contributed by atoms with Crippen LogP contribution in [0.2, 0.25) is 0 Å². The van der Waals surface area contributed by atoms with Crippen molar-refractivity contribution in [2.75, 3.05) is 26.1 Å². The van der Waals surface area contributed by atoms with Gasteiger partial charge in [0.15, 0.2) is 5.16 Å². The number of hydrogen-bond donors (Lipinski definition) is 0. The van der Waals surface area contributed by atoms with Crippen LogP contribution in [0.15, 0.2) is 58.5 Å². The van der Waals surface area contributed by atoms with E-state index in [1.807, 2.05) is 28.7 Å². The summed E-state index contributed by atoms with van der Waals surface area (Å²) in [4.78, 5) is 13.0. The van der Waals surface area contributed by atoms with E-state index < -0.39 is 0 Å². The highest BCUT2D eigenvalue weighted by Gasteiger charge is 2.16. The standard InChI is InChI=1S/C21H21FN4O3S/c1-28-11-5-10-25-19(27)17-8-2-3-9-18(17)26-20(25)23-24-21(26)30-13-12-29-16-7-4-6-15(22)14-16/h2-4,6-9,14H,5,10-13H2,1H3. The zero-order valence-electron chi connectivity index (χ0n) is 16.5. The van der Waals surface area contributed by atoms with Gasteiger partial charge in [0.25, 0.3) is 5.56 Å². The van der Waals surface area contributed by atoms with Gasteiger partial charge in [-0.15, -0.1) is 10.2 Å². The molecule has 30 heavy (non-hydrogen) atoms. The highest BCUT2D eigenvalue weighted by atomic mass is 32.2. The molecule has 0 amide bonds. The van der Waals surface area contributed by atoms with Crippen LogP contribution < -0.4 is 10.3 Å². The summed E-state index contributed by atoms with van der Waals surface area (Å²) in [6.45, 7) is 1.43. The summed E-state index contributed by atoms with van der Waals surface area (Å²) in [6, 6.07) is 13.5. The lowest BCUT2D eigenvalue weighted by molar-refractivity contribution is 0.190. The van der Waals surface area contributed by atoms with Crippen molar-refractivity contribution in [3.8, 4) is 5.75 Å². The molecule has 2 aromatic carbocycles. The number of para-hydroxylation sites is 1. The Balaban J connectivity index is 1.60. The van der Waals surface area contributed by atoms with E-state index in [4.69, 9.17) is 9.47 Å². The van der Waals surface area contributed by atoms with Crippen molar-refractivity contribution in [2.45, 2.75) is 18.1 Å². The van der Waals surface area contributed by atoms with Gasteiger partial charge in [-0.25, -0.2) is 4.39 Å². The van der Waals surface area contributed by atoms with Gasteiger partial charge < -0.3 is 9.47 Å². The van der Waals surface area contributed by atoms with Gasteiger partial charge in [0.1, 0.15) is 11.6 Å². The summed E-state index contributed by atoms with van der Waals surface area (Å²) in [7, 11) is 1.64. The number of rotatable bonds is 9. The Morgan fingerprint density at radius 2 is 1.97 bits per heavy atom. The van der Waals surface area contributed by atoms with Crippen LogP contribution in [0.1, 0.15) is 6.42 Å². The van der Waals surface area contributed by atoms with Gasteiger partial charge in [0.2, 0.25) is 5.78 Å². The predicted molar refractivity (Wildman–Crippen MR) is 114 cm³/mol. The van der Waals surface area contributed by atoms with Crippen LogP contribution >= 0.6 is 11.8 Å². The lowest BCUT2D eigenvalue weighted by Gasteiger charge is -2.11. The monoisotopic (exact) mass is 428 g/mol. The fraction of sp³-hybridized carbons (Fsp3) is 0.286. The number of halogens is 1. The molecule has 4 rings (SSSR count). The third-order valence-corrected chi connectivity index (χ3v) is 5.48. The summed E-state index contributed by atoms with van der Waals surface area (Å²) in [5.74, 6) is 1.25. The number of aryl methyl sites for hydroxylation is 1. The molecule has 0 aliphatic carbocycles. The third kappa shape index (κ3) is 4.17. The maximum absolute atomic E-state index is 13.3. The Hall–Kier alpha value is -2.91. The summed E-state index contributed by atoms with van der Waals surface area (Å²) < 4.78 is 27.5. The first-order valence-corrected chi connectivity index (χ1v) is 10.5. The summed E-state index contributed by atoms with van der Waals surface area (Å²) in [5, 5.41) is 9.87. The Morgan fingerprint density at radius 3 is 2.80 bits per heavy atom. The molecular weight excluding hydrogens is 407 g/mol. The van der Waals surface area contributed by atoms with E-state index in [9.17, 15) is 9.18 Å². The van der Waals surface area contributed by atoms with Crippen LogP contribution in [0.25, 0.3) is 16.7 Å². The van der Waals surface area contributed by atoms with E-state index in [0.29, 0.717) is 54.0 Å². The van der Waals surface area contributed by atoms with E-state index in [1.54, 1.807) is 23.8 Å². The predicted octanol–water partition coefficient (Wildman–Crippen LogP) is 3.39. The van der Waals surface area contributed by atoms with E-state index in [0.717, 1.165) is 5.52 Å². The maximum atomic E-state index is 13.3. The first-order valence-electron chi connectivity index (χ1n) is 9.56. The second kappa shape index (κ2) is 9.27. The highest BCUT2D eigenvalue weighted by molar-refractivity contribution is 7.99. The van der Waals surface area contributed by atoms with Gasteiger partial charge in [0, 0.05) is 32.1 Å². The highest BCUT2D eigenvalue weighted by Crippen LogP contribution is 2.22. The van der Waals surface area contributed by atoms with Crippen molar-refractivity contribution in [1.29, 1.82) is 0 Å². The summed E-state index contributed by atoms with van der Waals surface area (Å²) >= 11 is 1.47. The van der Waals surface area contributed by atoms with Crippen LogP contribution in [0.5, 0.6) is 5.75 Å². The van der Waals surface area contributed by atoms with Crippen LogP contribution in [0.3, 0.4) is 0 Å². The Kier molecular flexibility index (Phi) is 6.29. The van der Waals surface area contributed by atoms with Gasteiger partial charge >= 0.3 is 0 Å². The number of hydrogen-bond acceptors (Lipinski definition) is 6. The first kappa shape index (κ1) is 20.4. The number of thioether (sulfide) groups is 1. The number of fused-ring (bicyclic) bond motifs is 3. The lowest BCUT2D eigenvalue weighted by atomic mass is 10.2. The molecule has 0 N–H and O–H groups in total. The zero-order chi connectivity index (χ0) is 20.9. The fourth-order valence-electron chi connectivity index (χ4n) is 3.24. The topological polar surface area (TPSA) is 70.7 Å². The molecule has 4 aromatic rings. The van der Waals surface area contributed by atoms with Crippen LogP contribution in [-0.2, 0) is 11.3 Å². The molecule has 0 spiro atoms. The second-order valence-electron chi connectivity index (χ2n) is 6.59. The van der Waals surface area contributed by atoms with E-state index in [-0.39, 0.29) is 11.4 Å². The Bertz CT molecular complexity index is 1220. The number of ether oxygens (including phenoxy) is 2. The quantitative estimate of drug-likeness (QED) is 0.301. The normalized spacial score (nSPS) is 11.4. The molecule has 156 valence electrons. The number of nitrogens with zero attached hydrogens (tertiary/aromatic N) is 4. The average molecular weight is 428 g/mol. The van der Waals surface area contributed by atoms with Crippen LogP contribution in [0.4, 0.5) is 4.39 Å². The molecule has 0 radical (unpaired) electrons. The van der Waals surface area contributed by atoms with Gasteiger partial charge in [-0.3, -0.25) is 13.8 Å². The number of methoxy groups -OCH3 is 1. The third-order valence-electron chi connectivity index (χ3n) is 4.59. The van der Waals surface area contributed by atoms with Crippen molar-refractivity contribution in [1.82, 2.24) is 19.2 Å². The minimum atomic E-state index is -0.332. The number of aromatic nitrogens is 4. The Labute approximate surface area is 176 Å². The van der Waals surface area contributed by atoms with Crippen molar-refractivity contribution in [3.63, 3.8) is 0 Å².